The molecule has 0 aliphatic heterocycles. The maximum Gasteiger partial charge on any atom is 0.123 e. The van der Waals surface area contributed by atoms with Crippen LogP contribution >= 0.6 is 0 Å². The van der Waals surface area contributed by atoms with Gasteiger partial charge in [0.2, 0.25) is 0 Å². The third-order valence-corrected chi connectivity index (χ3v) is 3.44. The monoisotopic (exact) mass is 236 g/mol. The molecule has 1 N–H and O–H groups in total. The number of nitrogens with one attached hydrogen (secondary N) is 1. The predicted octanol–water partition coefficient (Wildman–Crippen LogP) is 2.26. The minimum atomic E-state index is -0.164. The molecular formula is C14H21FN2. The van der Waals surface area contributed by atoms with Crippen molar-refractivity contribution in [3.05, 3.63) is 35.6 Å². The Morgan fingerprint density at radius 2 is 2.00 bits per heavy atom. The van der Waals surface area contributed by atoms with Crippen LogP contribution in [-0.4, -0.2) is 31.6 Å². The minimum absolute atomic E-state index is 0.164. The molecule has 1 aliphatic rings. The molecule has 1 unspecified atom stereocenters. The van der Waals surface area contributed by atoms with Gasteiger partial charge in [-0.25, -0.2) is 4.39 Å². The van der Waals surface area contributed by atoms with Crippen LogP contribution in [0.25, 0.3) is 0 Å². The molecule has 3 heteroatoms. The first kappa shape index (κ1) is 12.5. The third-order valence-electron chi connectivity index (χ3n) is 3.44. The van der Waals surface area contributed by atoms with Crippen LogP contribution in [0.5, 0.6) is 0 Å². The first-order valence-corrected chi connectivity index (χ1v) is 6.29. The highest BCUT2D eigenvalue weighted by atomic mass is 19.1. The Morgan fingerprint density at radius 1 is 1.35 bits per heavy atom. The number of nitrogens with zero attached hydrogens (tertiary/aromatic N) is 1. The number of hydrogen-bond donors (Lipinski definition) is 1. The van der Waals surface area contributed by atoms with E-state index in [2.05, 4.69) is 17.3 Å². The van der Waals surface area contributed by atoms with Gasteiger partial charge in [0, 0.05) is 19.1 Å². The summed E-state index contributed by atoms with van der Waals surface area (Å²) in [6.45, 7) is 1.93. The highest BCUT2D eigenvalue weighted by molar-refractivity contribution is 5.15. The molecule has 1 atom stereocenters. The smallest absolute Gasteiger partial charge is 0.123 e. The van der Waals surface area contributed by atoms with Crippen LogP contribution in [0.1, 0.15) is 18.4 Å². The lowest BCUT2D eigenvalue weighted by Gasteiger charge is -2.23. The summed E-state index contributed by atoms with van der Waals surface area (Å²) in [5.74, 6) is 0.693. The van der Waals surface area contributed by atoms with Gasteiger partial charge in [-0.3, -0.25) is 0 Å². The summed E-state index contributed by atoms with van der Waals surface area (Å²) in [4.78, 5) is 2.30. The second-order valence-corrected chi connectivity index (χ2v) is 5.06. The normalized spacial score (nSPS) is 17.4. The molecule has 0 spiro atoms. The zero-order valence-electron chi connectivity index (χ0n) is 10.6. The van der Waals surface area contributed by atoms with Crippen molar-refractivity contribution in [1.29, 1.82) is 0 Å². The van der Waals surface area contributed by atoms with Gasteiger partial charge >= 0.3 is 0 Å². The lowest BCUT2D eigenvalue weighted by atomic mass is 10.1. The molecule has 1 saturated carbocycles. The van der Waals surface area contributed by atoms with E-state index in [1.165, 1.54) is 30.5 Å². The topological polar surface area (TPSA) is 15.3 Å². The number of likely N-dealkylation sites (N-methyl/N-ethyl adjacent to an activating group) is 2. The van der Waals surface area contributed by atoms with Crippen molar-refractivity contribution in [2.24, 2.45) is 5.92 Å². The molecule has 0 aromatic heterocycles. The third kappa shape index (κ3) is 3.79. The molecule has 2 rings (SSSR count). The molecule has 0 radical (unpaired) electrons. The van der Waals surface area contributed by atoms with Gasteiger partial charge in [-0.2, -0.15) is 0 Å². The van der Waals surface area contributed by atoms with Crippen molar-refractivity contribution < 1.29 is 4.39 Å². The van der Waals surface area contributed by atoms with Gasteiger partial charge in [-0.05, 0) is 50.6 Å². The molecule has 1 fully saturated rings. The molecule has 1 aliphatic carbocycles. The molecule has 1 aromatic carbocycles. The fourth-order valence-corrected chi connectivity index (χ4v) is 2.28. The van der Waals surface area contributed by atoms with Gasteiger partial charge < -0.3 is 10.2 Å². The quantitative estimate of drug-likeness (QED) is 0.815. The minimum Gasteiger partial charge on any atom is -0.315 e. The van der Waals surface area contributed by atoms with E-state index in [0.29, 0.717) is 6.04 Å². The van der Waals surface area contributed by atoms with E-state index in [1.54, 1.807) is 0 Å². The maximum absolute atomic E-state index is 12.8. The van der Waals surface area contributed by atoms with Gasteiger partial charge in [0.05, 0.1) is 0 Å². The van der Waals surface area contributed by atoms with Crippen molar-refractivity contribution in [2.45, 2.75) is 25.4 Å². The summed E-state index contributed by atoms with van der Waals surface area (Å²) in [7, 11) is 4.16. The van der Waals surface area contributed by atoms with Gasteiger partial charge in [-0.15, -0.1) is 0 Å². The molecule has 0 heterocycles. The van der Waals surface area contributed by atoms with E-state index >= 15 is 0 Å². The van der Waals surface area contributed by atoms with Gasteiger partial charge in [0.15, 0.2) is 0 Å². The molecule has 1 aromatic rings. The average molecular weight is 236 g/mol. The van der Waals surface area contributed by atoms with Crippen molar-refractivity contribution in [1.82, 2.24) is 10.2 Å². The standard InChI is InChI=1S/C14H21FN2/c1-16-14(12-5-6-12)10-17(2)9-11-3-7-13(15)8-4-11/h3-4,7-8,12,14,16H,5-6,9-10H2,1-2H3. The van der Waals surface area contributed by atoms with Crippen LogP contribution in [0.2, 0.25) is 0 Å². The second kappa shape index (κ2) is 5.61. The van der Waals surface area contributed by atoms with Crippen LogP contribution in [0, 0.1) is 11.7 Å². The molecule has 0 bridgehead atoms. The molecule has 0 amide bonds. The van der Waals surface area contributed by atoms with Crippen molar-refractivity contribution in [2.75, 3.05) is 20.6 Å². The Balaban J connectivity index is 1.83. The van der Waals surface area contributed by atoms with Crippen molar-refractivity contribution in [3.63, 3.8) is 0 Å². The zero-order valence-corrected chi connectivity index (χ0v) is 10.6. The van der Waals surface area contributed by atoms with Gasteiger partial charge in [0.1, 0.15) is 5.82 Å². The lowest BCUT2D eigenvalue weighted by molar-refractivity contribution is 0.274. The maximum atomic E-state index is 12.8. The van der Waals surface area contributed by atoms with Crippen LogP contribution in [0.4, 0.5) is 4.39 Å². The van der Waals surface area contributed by atoms with Gasteiger partial charge in [0.25, 0.3) is 0 Å². The predicted molar refractivity (Wildman–Crippen MR) is 68.3 cm³/mol. The summed E-state index contributed by atoms with van der Waals surface area (Å²) >= 11 is 0. The summed E-state index contributed by atoms with van der Waals surface area (Å²) in [5.41, 5.74) is 1.17. The van der Waals surface area contributed by atoms with E-state index in [4.69, 9.17) is 0 Å². The van der Waals surface area contributed by atoms with E-state index in [0.717, 1.165) is 19.0 Å². The van der Waals surface area contributed by atoms with E-state index in [-0.39, 0.29) is 5.82 Å². The zero-order chi connectivity index (χ0) is 12.3. The average Bonchev–Trinajstić information content (AvgIpc) is 3.13. The molecule has 0 saturated heterocycles. The van der Waals surface area contributed by atoms with Crippen molar-refractivity contribution >= 4 is 0 Å². The highest BCUT2D eigenvalue weighted by Gasteiger charge is 2.30. The largest absolute Gasteiger partial charge is 0.315 e. The van der Waals surface area contributed by atoms with E-state index in [9.17, 15) is 4.39 Å². The lowest BCUT2D eigenvalue weighted by Crippen LogP contribution is -2.38. The first-order chi connectivity index (χ1) is 8.19. The number of hydrogen-bond acceptors (Lipinski definition) is 2. The van der Waals surface area contributed by atoms with Crippen LogP contribution < -0.4 is 5.32 Å². The molecule has 17 heavy (non-hydrogen) atoms. The van der Waals surface area contributed by atoms with Crippen LogP contribution in [-0.2, 0) is 6.54 Å². The first-order valence-electron chi connectivity index (χ1n) is 6.29. The van der Waals surface area contributed by atoms with Crippen LogP contribution in [0.15, 0.2) is 24.3 Å². The highest BCUT2D eigenvalue weighted by Crippen LogP contribution is 2.32. The number of halogens is 1. The Morgan fingerprint density at radius 3 is 2.53 bits per heavy atom. The SMILES string of the molecule is CNC(CN(C)Cc1ccc(F)cc1)C1CC1. The summed E-state index contributed by atoms with van der Waals surface area (Å²) < 4.78 is 12.8. The second-order valence-electron chi connectivity index (χ2n) is 5.06. The fourth-order valence-electron chi connectivity index (χ4n) is 2.28. The van der Waals surface area contributed by atoms with E-state index in [1.807, 2.05) is 19.2 Å². The van der Waals surface area contributed by atoms with Crippen molar-refractivity contribution in [3.8, 4) is 0 Å². The van der Waals surface area contributed by atoms with Crippen LogP contribution in [0.3, 0.4) is 0 Å². The van der Waals surface area contributed by atoms with Gasteiger partial charge in [-0.1, -0.05) is 12.1 Å². The molecule has 2 nitrogen and oxygen atoms in total. The Kier molecular flexibility index (Phi) is 4.13. The fraction of sp³-hybridized carbons (Fsp3) is 0.571. The number of rotatable bonds is 6. The summed E-state index contributed by atoms with van der Waals surface area (Å²) in [6, 6.07) is 7.37. The molecule has 94 valence electrons. The summed E-state index contributed by atoms with van der Waals surface area (Å²) in [5, 5.41) is 3.39. The Hall–Kier alpha value is -0.930. The summed E-state index contributed by atoms with van der Waals surface area (Å²) in [6.07, 6.45) is 2.71. The molecular weight excluding hydrogens is 215 g/mol. The number of benzene rings is 1. The van der Waals surface area contributed by atoms with E-state index < -0.39 is 0 Å². The Bertz CT molecular complexity index is 346. The Labute approximate surface area is 103 Å².